The number of aryl methyl sites for hydroxylation is 1. The molecule has 0 bridgehead atoms. The summed E-state index contributed by atoms with van der Waals surface area (Å²) in [6.45, 7) is 7.84. The Hall–Kier alpha value is -2.28. The number of hydrogen-bond donors (Lipinski definition) is 2. The highest BCUT2D eigenvalue weighted by atomic mass is 32.2. The summed E-state index contributed by atoms with van der Waals surface area (Å²) in [7, 11) is 0. The topological polar surface area (TPSA) is 92.4 Å². The van der Waals surface area contributed by atoms with E-state index in [-0.39, 0.29) is 5.41 Å². The summed E-state index contributed by atoms with van der Waals surface area (Å²) in [6.07, 6.45) is 10.4. The molecular weight excluding hydrogens is 364 g/mol. The van der Waals surface area contributed by atoms with E-state index < -0.39 is 11.9 Å². The lowest BCUT2D eigenvalue weighted by Crippen LogP contribution is -2.11. The van der Waals surface area contributed by atoms with E-state index in [4.69, 9.17) is 19.8 Å². The van der Waals surface area contributed by atoms with Crippen molar-refractivity contribution in [2.45, 2.75) is 50.8 Å². The number of benzene rings is 1. The van der Waals surface area contributed by atoms with Crippen LogP contribution in [-0.2, 0) is 21.5 Å². The zero-order chi connectivity index (χ0) is 20.4. The highest BCUT2D eigenvalue weighted by Gasteiger charge is 2.15. The van der Waals surface area contributed by atoms with E-state index in [1.54, 1.807) is 0 Å². The molecule has 1 unspecified atom stereocenters. The monoisotopic (exact) mass is 392 g/mol. The van der Waals surface area contributed by atoms with E-state index in [1.807, 2.05) is 30.5 Å². The Morgan fingerprint density at radius 3 is 2.15 bits per heavy atom. The molecule has 0 saturated carbocycles. The molecule has 1 heterocycles. The molecule has 0 fully saturated rings. The molecule has 148 valence electrons. The summed E-state index contributed by atoms with van der Waals surface area (Å²) in [5.41, 5.74) is 3.08. The van der Waals surface area contributed by atoms with Crippen molar-refractivity contribution in [1.82, 2.24) is 9.55 Å². The first kappa shape index (κ1) is 22.8. The van der Waals surface area contributed by atoms with Crippen molar-refractivity contribution < 1.29 is 19.8 Å². The van der Waals surface area contributed by atoms with Crippen molar-refractivity contribution >= 4 is 23.7 Å². The van der Waals surface area contributed by atoms with Crippen LogP contribution in [0.2, 0.25) is 0 Å². The predicted octanol–water partition coefficient (Wildman–Crippen LogP) is 4.22. The van der Waals surface area contributed by atoms with Crippen LogP contribution < -0.4 is 0 Å². The van der Waals surface area contributed by atoms with Gasteiger partial charge in [-0.25, -0.2) is 14.6 Å². The number of carboxylic acids is 2. The zero-order valence-corrected chi connectivity index (χ0v) is 17.1. The number of thioether (sulfide) groups is 1. The van der Waals surface area contributed by atoms with Crippen LogP contribution in [0.15, 0.2) is 43.0 Å². The van der Waals surface area contributed by atoms with Crippen molar-refractivity contribution in [3.63, 3.8) is 0 Å². The van der Waals surface area contributed by atoms with Gasteiger partial charge in [-0.3, -0.25) is 0 Å². The molecule has 0 aliphatic heterocycles. The zero-order valence-electron chi connectivity index (χ0n) is 16.3. The average molecular weight is 393 g/mol. The minimum atomic E-state index is -1.82. The largest absolute Gasteiger partial charge is 0.473 e. The highest BCUT2D eigenvalue weighted by Crippen LogP contribution is 2.33. The Balaban J connectivity index is 0.000000527. The Labute approximate surface area is 164 Å². The summed E-state index contributed by atoms with van der Waals surface area (Å²) in [5, 5.41) is 15.4. The lowest BCUT2D eigenvalue weighted by molar-refractivity contribution is -0.159. The van der Waals surface area contributed by atoms with Crippen molar-refractivity contribution in [1.29, 1.82) is 0 Å². The summed E-state index contributed by atoms with van der Waals surface area (Å²) in [6, 6.07) is 9.18. The van der Waals surface area contributed by atoms with Crippen LogP contribution in [0.5, 0.6) is 0 Å². The fraction of sp³-hybridized carbons (Fsp3) is 0.450. The molecule has 7 heteroatoms. The molecule has 0 radical (unpaired) electrons. The van der Waals surface area contributed by atoms with Gasteiger partial charge in [-0.2, -0.15) is 11.8 Å². The van der Waals surface area contributed by atoms with Crippen molar-refractivity contribution in [2.24, 2.45) is 0 Å². The van der Waals surface area contributed by atoms with Crippen molar-refractivity contribution in [3.05, 3.63) is 54.1 Å². The molecule has 27 heavy (non-hydrogen) atoms. The minimum absolute atomic E-state index is 0.231. The number of imidazole rings is 1. The van der Waals surface area contributed by atoms with Crippen LogP contribution in [0.1, 0.15) is 50.0 Å². The summed E-state index contributed by atoms with van der Waals surface area (Å²) < 4.78 is 2.15. The molecule has 0 saturated heterocycles. The third-order valence-corrected chi connectivity index (χ3v) is 5.13. The molecule has 2 aromatic rings. The van der Waals surface area contributed by atoms with Gasteiger partial charge in [0.2, 0.25) is 0 Å². The standard InChI is InChI=1S/C18H26N2S.C2H2O4/c1-18(2,3)16-9-7-15(8-10-16)17(21-4)6-5-12-20-13-11-19-14-20;3-1(4)2(5)6/h7-11,13-14,17H,5-6,12H2,1-4H3;(H,3,4)(H,5,6). The smallest absolute Gasteiger partial charge is 0.414 e. The maximum absolute atomic E-state index is 9.10. The predicted molar refractivity (Wildman–Crippen MR) is 108 cm³/mol. The van der Waals surface area contributed by atoms with Gasteiger partial charge in [0.1, 0.15) is 0 Å². The van der Waals surface area contributed by atoms with Gasteiger partial charge >= 0.3 is 11.9 Å². The molecule has 0 aliphatic carbocycles. The second-order valence-corrected chi connectivity index (χ2v) is 8.19. The van der Waals surface area contributed by atoms with Crippen LogP contribution in [0.25, 0.3) is 0 Å². The number of aromatic nitrogens is 2. The molecule has 1 atom stereocenters. The molecule has 2 N–H and O–H groups in total. The van der Waals surface area contributed by atoms with Gasteiger partial charge in [-0.1, -0.05) is 45.0 Å². The fourth-order valence-corrected chi connectivity index (χ4v) is 3.33. The van der Waals surface area contributed by atoms with Crippen LogP contribution >= 0.6 is 11.8 Å². The summed E-state index contributed by atoms with van der Waals surface area (Å²) in [5.74, 6) is -3.65. The van der Waals surface area contributed by atoms with E-state index in [1.165, 1.54) is 24.0 Å². The number of hydrogen-bond acceptors (Lipinski definition) is 4. The van der Waals surface area contributed by atoms with E-state index >= 15 is 0 Å². The molecular formula is C20H28N2O4S. The van der Waals surface area contributed by atoms with E-state index in [0.717, 1.165) is 6.54 Å². The number of rotatable bonds is 6. The molecule has 1 aromatic heterocycles. The third kappa shape index (κ3) is 8.30. The van der Waals surface area contributed by atoms with Crippen LogP contribution in [-0.4, -0.2) is 38.0 Å². The maximum Gasteiger partial charge on any atom is 0.414 e. The van der Waals surface area contributed by atoms with Crippen molar-refractivity contribution in [3.8, 4) is 0 Å². The normalized spacial score (nSPS) is 12.0. The van der Waals surface area contributed by atoms with Gasteiger partial charge in [-0.05, 0) is 35.6 Å². The highest BCUT2D eigenvalue weighted by molar-refractivity contribution is 7.98. The van der Waals surface area contributed by atoms with Gasteiger partial charge in [0.15, 0.2) is 0 Å². The minimum Gasteiger partial charge on any atom is -0.473 e. The lowest BCUT2D eigenvalue weighted by atomic mass is 9.86. The second kappa shape index (κ2) is 10.8. The quantitative estimate of drug-likeness (QED) is 0.715. The van der Waals surface area contributed by atoms with Gasteiger partial charge in [-0.15, -0.1) is 0 Å². The van der Waals surface area contributed by atoms with Crippen LogP contribution in [0, 0.1) is 0 Å². The molecule has 1 aromatic carbocycles. The third-order valence-electron chi connectivity index (χ3n) is 4.06. The Morgan fingerprint density at radius 2 is 1.74 bits per heavy atom. The molecule has 0 aliphatic rings. The first-order chi connectivity index (χ1) is 12.6. The van der Waals surface area contributed by atoms with E-state index in [2.05, 4.69) is 60.8 Å². The number of carbonyl (C=O) groups is 2. The van der Waals surface area contributed by atoms with Crippen LogP contribution in [0.4, 0.5) is 0 Å². The molecule has 2 rings (SSSR count). The SMILES string of the molecule is CSC(CCCn1ccnc1)c1ccc(C(C)(C)C)cc1.O=C(O)C(=O)O. The maximum atomic E-state index is 9.10. The summed E-state index contributed by atoms with van der Waals surface area (Å²) >= 11 is 1.95. The number of carboxylic acid groups (broad SMARTS) is 2. The molecule has 6 nitrogen and oxygen atoms in total. The number of aliphatic carboxylic acids is 2. The first-order valence-electron chi connectivity index (χ1n) is 8.70. The number of nitrogens with zero attached hydrogens (tertiary/aromatic N) is 2. The van der Waals surface area contributed by atoms with E-state index in [0.29, 0.717) is 5.25 Å². The Bertz CT molecular complexity index is 695. The fourth-order valence-electron chi connectivity index (χ4n) is 2.50. The average Bonchev–Trinajstić information content (AvgIpc) is 3.12. The van der Waals surface area contributed by atoms with Gasteiger partial charge < -0.3 is 14.8 Å². The van der Waals surface area contributed by atoms with Gasteiger partial charge in [0.25, 0.3) is 0 Å². The lowest BCUT2D eigenvalue weighted by Gasteiger charge is -2.21. The van der Waals surface area contributed by atoms with Gasteiger partial charge in [0, 0.05) is 24.2 Å². The molecule has 0 amide bonds. The molecule has 0 spiro atoms. The van der Waals surface area contributed by atoms with Crippen LogP contribution in [0.3, 0.4) is 0 Å². The Morgan fingerprint density at radius 1 is 1.15 bits per heavy atom. The second-order valence-electron chi connectivity index (χ2n) is 7.15. The van der Waals surface area contributed by atoms with Gasteiger partial charge in [0.05, 0.1) is 6.33 Å². The summed E-state index contributed by atoms with van der Waals surface area (Å²) in [4.78, 5) is 22.3. The van der Waals surface area contributed by atoms with Crippen molar-refractivity contribution in [2.75, 3.05) is 6.26 Å². The van der Waals surface area contributed by atoms with E-state index in [9.17, 15) is 0 Å². The Kier molecular flexibility index (Phi) is 9.08. The first-order valence-corrected chi connectivity index (χ1v) is 9.99.